The monoisotopic (exact) mass is 254 g/mol. The Morgan fingerprint density at radius 2 is 1.89 bits per heavy atom. The number of halogens is 3. The number of nitrogens with zero attached hydrogens (tertiary/aromatic N) is 1. The van der Waals surface area contributed by atoms with Crippen LogP contribution < -0.4 is 5.73 Å². The van der Waals surface area contributed by atoms with Crippen LogP contribution in [0.2, 0.25) is 0 Å². The van der Waals surface area contributed by atoms with E-state index in [-0.39, 0.29) is 0 Å². The van der Waals surface area contributed by atoms with E-state index in [1.165, 1.54) is 12.1 Å². The molecule has 2 N–H and O–H groups in total. The Balaban J connectivity index is 2.19. The van der Waals surface area contributed by atoms with Crippen molar-refractivity contribution in [2.75, 3.05) is 0 Å². The molecule has 0 aliphatic carbocycles. The molecule has 2 nitrogen and oxygen atoms in total. The summed E-state index contributed by atoms with van der Waals surface area (Å²) in [5.74, 6) is 0. The molecule has 96 valence electrons. The highest BCUT2D eigenvalue weighted by Gasteiger charge is 2.30. The maximum absolute atomic E-state index is 12.5. The van der Waals surface area contributed by atoms with Crippen molar-refractivity contribution in [3.05, 3.63) is 59.4 Å². The summed E-state index contributed by atoms with van der Waals surface area (Å²) < 4.78 is 39.4. The first kappa shape index (κ1) is 12.7. The van der Waals surface area contributed by atoms with Gasteiger partial charge in [0, 0.05) is 25.5 Å². The standard InChI is InChI=1S/C13H13F3N2/c14-13(15,16)12-3-1-2-10(6-12)8-18-5-4-11(7-17)9-18/h1-6,9H,7-8,17H2. The molecule has 1 aromatic carbocycles. The summed E-state index contributed by atoms with van der Waals surface area (Å²) in [4.78, 5) is 0. The Kier molecular flexibility index (Phi) is 3.43. The zero-order chi connectivity index (χ0) is 13.2. The Morgan fingerprint density at radius 3 is 2.50 bits per heavy atom. The van der Waals surface area contributed by atoms with Gasteiger partial charge in [0.1, 0.15) is 0 Å². The number of alkyl halides is 3. The van der Waals surface area contributed by atoms with E-state index in [1.54, 1.807) is 6.07 Å². The fourth-order valence-electron chi connectivity index (χ4n) is 1.77. The molecule has 0 unspecified atom stereocenters. The Labute approximate surface area is 103 Å². The van der Waals surface area contributed by atoms with Crippen molar-refractivity contribution < 1.29 is 13.2 Å². The third-order valence-corrected chi connectivity index (χ3v) is 2.67. The molecule has 0 amide bonds. The van der Waals surface area contributed by atoms with Gasteiger partial charge in [-0.05, 0) is 29.3 Å². The lowest BCUT2D eigenvalue weighted by Crippen LogP contribution is -2.06. The van der Waals surface area contributed by atoms with Gasteiger partial charge in [-0.25, -0.2) is 0 Å². The zero-order valence-electron chi connectivity index (χ0n) is 9.61. The van der Waals surface area contributed by atoms with Gasteiger partial charge in [-0.3, -0.25) is 0 Å². The molecule has 0 radical (unpaired) electrons. The van der Waals surface area contributed by atoms with Crippen LogP contribution in [0.4, 0.5) is 13.2 Å². The first-order chi connectivity index (χ1) is 8.49. The van der Waals surface area contributed by atoms with Gasteiger partial charge in [0.2, 0.25) is 0 Å². The van der Waals surface area contributed by atoms with Crippen LogP contribution in [-0.4, -0.2) is 4.57 Å². The lowest BCUT2D eigenvalue weighted by molar-refractivity contribution is -0.137. The molecule has 2 aromatic rings. The van der Waals surface area contributed by atoms with Crippen molar-refractivity contribution in [3.63, 3.8) is 0 Å². The van der Waals surface area contributed by atoms with E-state index in [0.29, 0.717) is 18.7 Å². The maximum Gasteiger partial charge on any atom is 0.416 e. The number of hydrogen-bond donors (Lipinski definition) is 1. The molecular formula is C13H13F3N2. The van der Waals surface area contributed by atoms with E-state index < -0.39 is 11.7 Å². The average molecular weight is 254 g/mol. The number of aromatic nitrogens is 1. The lowest BCUT2D eigenvalue weighted by Gasteiger charge is -2.09. The quantitative estimate of drug-likeness (QED) is 0.896. The molecule has 1 heterocycles. The molecule has 0 aliphatic heterocycles. The molecule has 0 aliphatic rings. The largest absolute Gasteiger partial charge is 0.416 e. The number of hydrogen-bond acceptors (Lipinski definition) is 1. The van der Waals surface area contributed by atoms with Crippen molar-refractivity contribution >= 4 is 0 Å². The molecule has 18 heavy (non-hydrogen) atoms. The second kappa shape index (κ2) is 4.86. The van der Waals surface area contributed by atoms with E-state index in [4.69, 9.17) is 5.73 Å². The Hall–Kier alpha value is -1.75. The van der Waals surface area contributed by atoms with Gasteiger partial charge in [0.25, 0.3) is 0 Å². The molecule has 0 fully saturated rings. The van der Waals surface area contributed by atoms with E-state index in [2.05, 4.69) is 0 Å². The number of nitrogens with two attached hydrogens (primary N) is 1. The van der Waals surface area contributed by atoms with Gasteiger partial charge in [-0.15, -0.1) is 0 Å². The summed E-state index contributed by atoms with van der Waals surface area (Å²) in [7, 11) is 0. The van der Waals surface area contributed by atoms with Crippen molar-refractivity contribution in [1.29, 1.82) is 0 Å². The lowest BCUT2D eigenvalue weighted by atomic mass is 10.1. The van der Waals surface area contributed by atoms with Crippen LogP contribution in [0.1, 0.15) is 16.7 Å². The minimum absolute atomic E-state index is 0.407. The highest BCUT2D eigenvalue weighted by atomic mass is 19.4. The van der Waals surface area contributed by atoms with Crippen molar-refractivity contribution in [3.8, 4) is 0 Å². The summed E-state index contributed by atoms with van der Waals surface area (Å²) >= 11 is 0. The summed E-state index contributed by atoms with van der Waals surface area (Å²) in [6.07, 6.45) is -0.655. The smallest absolute Gasteiger partial charge is 0.350 e. The topological polar surface area (TPSA) is 30.9 Å². The summed E-state index contributed by atoms with van der Waals surface area (Å²) in [5.41, 5.74) is 6.43. The zero-order valence-corrected chi connectivity index (χ0v) is 9.61. The van der Waals surface area contributed by atoms with Gasteiger partial charge in [0.05, 0.1) is 5.56 Å². The predicted molar refractivity (Wildman–Crippen MR) is 62.9 cm³/mol. The second-order valence-electron chi connectivity index (χ2n) is 4.09. The van der Waals surface area contributed by atoms with Gasteiger partial charge in [-0.2, -0.15) is 13.2 Å². The highest BCUT2D eigenvalue weighted by molar-refractivity contribution is 5.26. The molecule has 2 rings (SSSR count). The fraction of sp³-hybridized carbons (Fsp3) is 0.231. The van der Waals surface area contributed by atoms with Crippen LogP contribution in [0.3, 0.4) is 0 Å². The van der Waals surface area contributed by atoms with Crippen LogP contribution in [-0.2, 0) is 19.3 Å². The highest BCUT2D eigenvalue weighted by Crippen LogP contribution is 2.29. The van der Waals surface area contributed by atoms with Crippen LogP contribution in [0.25, 0.3) is 0 Å². The molecule has 5 heteroatoms. The minimum atomic E-state index is -4.30. The SMILES string of the molecule is NCc1ccn(Cc2cccc(C(F)(F)F)c2)c1. The van der Waals surface area contributed by atoms with Crippen LogP contribution in [0.15, 0.2) is 42.7 Å². The summed E-state index contributed by atoms with van der Waals surface area (Å²) in [5, 5.41) is 0. The minimum Gasteiger partial charge on any atom is -0.350 e. The average Bonchev–Trinajstić information content (AvgIpc) is 2.76. The number of rotatable bonds is 3. The van der Waals surface area contributed by atoms with Gasteiger partial charge in [0.15, 0.2) is 0 Å². The third kappa shape index (κ3) is 2.92. The van der Waals surface area contributed by atoms with E-state index in [9.17, 15) is 13.2 Å². The third-order valence-electron chi connectivity index (χ3n) is 2.67. The molecule has 0 atom stereocenters. The van der Waals surface area contributed by atoms with E-state index in [1.807, 2.05) is 23.0 Å². The molecule has 0 saturated carbocycles. The maximum atomic E-state index is 12.5. The first-order valence-corrected chi connectivity index (χ1v) is 5.50. The second-order valence-corrected chi connectivity index (χ2v) is 4.09. The number of benzene rings is 1. The molecule has 0 bridgehead atoms. The fourth-order valence-corrected chi connectivity index (χ4v) is 1.77. The molecule has 0 spiro atoms. The normalized spacial score (nSPS) is 11.8. The Bertz CT molecular complexity index is 529. The Morgan fingerprint density at radius 1 is 1.11 bits per heavy atom. The van der Waals surface area contributed by atoms with Gasteiger partial charge >= 0.3 is 6.18 Å². The van der Waals surface area contributed by atoms with Crippen LogP contribution >= 0.6 is 0 Å². The van der Waals surface area contributed by atoms with Crippen molar-refractivity contribution in [2.45, 2.75) is 19.3 Å². The van der Waals surface area contributed by atoms with Crippen LogP contribution in [0.5, 0.6) is 0 Å². The molecule has 1 aromatic heterocycles. The van der Waals surface area contributed by atoms with E-state index in [0.717, 1.165) is 11.6 Å². The van der Waals surface area contributed by atoms with Gasteiger partial charge in [-0.1, -0.05) is 12.1 Å². The molecular weight excluding hydrogens is 241 g/mol. The summed E-state index contributed by atoms with van der Waals surface area (Å²) in [6.45, 7) is 0.833. The van der Waals surface area contributed by atoms with Crippen LogP contribution in [0, 0.1) is 0 Å². The van der Waals surface area contributed by atoms with Crippen molar-refractivity contribution in [2.24, 2.45) is 5.73 Å². The van der Waals surface area contributed by atoms with Gasteiger partial charge < -0.3 is 10.3 Å². The van der Waals surface area contributed by atoms with E-state index >= 15 is 0 Å². The first-order valence-electron chi connectivity index (χ1n) is 5.50. The summed E-state index contributed by atoms with van der Waals surface area (Å²) in [6, 6.07) is 7.20. The van der Waals surface area contributed by atoms with Crippen molar-refractivity contribution in [1.82, 2.24) is 4.57 Å². The predicted octanol–water partition coefficient (Wildman–Crippen LogP) is 3.01. The molecule has 0 saturated heterocycles.